The summed E-state index contributed by atoms with van der Waals surface area (Å²) in [5.74, 6) is -0.590. The average Bonchev–Trinajstić information content (AvgIpc) is 3.34. The maximum Gasteiger partial charge on any atom is 0.270 e. The van der Waals surface area contributed by atoms with E-state index in [9.17, 15) is 12.8 Å². The maximum atomic E-state index is 14.7. The Morgan fingerprint density at radius 3 is 2.50 bits per heavy atom. The number of rotatable bonds is 9. The molecule has 0 radical (unpaired) electrons. The van der Waals surface area contributed by atoms with Gasteiger partial charge in [-0.2, -0.15) is 0 Å². The molecule has 0 aliphatic rings. The molecular formula is C24H25FN6O4S. The van der Waals surface area contributed by atoms with Crippen LogP contribution in [-0.2, 0) is 16.4 Å². The van der Waals surface area contributed by atoms with E-state index in [0.717, 1.165) is 0 Å². The van der Waals surface area contributed by atoms with Crippen LogP contribution in [0.2, 0.25) is 0 Å². The lowest BCUT2D eigenvalue weighted by Crippen LogP contribution is -2.17. The lowest BCUT2D eigenvalue weighted by atomic mass is 10.1. The quantitative estimate of drug-likeness (QED) is 0.285. The van der Waals surface area contributed by atoms with Crippen molar-refractivity contribution in [2.45, 2.75) is 30.5 Å². The summed E-state index contributed by atoms with van der Waals surface area (Å²) in [6, 6.07) is 10.9. The molecule has 0 saturated heterocycles. The number of hydrogen-bond donors (Lipinski definition) is 3. The predicted octanol–water partition coefficient (Wildman–Crippen LogP) is 2.85. The third kappa shape index (κ3) is 5.25. The molecule has 2 aromatic carbocycles. The number of benzene rings is 2. The topological polar surface area (TPSA) is 157 Å². The number of nitrogens with zero attached hydrogens (tertiary/aromatic N) is 4. The molecule has 0 unspecified atom stereocenters. The van der Waals surface area contributed by atoms with E-state index in [1.165, 1.54) is 30.5 Å². The molecule has 0 aliphatic heterocycles. The molecule has 12 heteroatoms. The summed E-state index contributed by atoms with van der Waals surface area (Å²) in [5.41, 5.74) is 7.95. The Labute approximate surface area is 207 Å². The Hall–Kier alpha value is -3.74. The van der Waals surface area contributed by atoms with E-state index in [0.29, 0.717) is 29.9 Å². The van der Waals surface area contributed by atoms with E-state index < -0.39 is 20.9 Å². The third-order valence-electron chi connectivity index (χ3n) is 5.41. The zero-order valence-electron chi connectivity index (χ0n) is 19.6. The van der Waals surface area contributed by atoms with Gasteiger partial charge in [-0.05, 0) is 43.7 Å². The number of sulfone groups is 1. The first kappa shape index (κ1) is 25.4. The highest BCUT2D eigenvalue weighted by Crippen LogP contribution is 2.30. The summed E-state index contributed by atoms with van der Waals surface area (Å²) in [6.07, 6.45) is 1.45. The van der Waals surface area contributed by atoms with Crippen LogP contribution in [0.3, 0.4) is 0 Å². The lowest BCUT2D eigenvalue weighted by molar-refractivity contribution is 0.292. The largest absolute Gasteiger partial charge is 0.414 e. The van der Waals surface area contributed by atoms with Crippen molar-refractivity contribution in [3.8, 4) is 34.3 Å². The highest BCUT2D eigenvalue weighted by Gasteiger charge is 2.21. The van der Waals surface area contributed by atoms with Gasteiger partial charge in [0.1, 0.15) is 5.82 Å². The molecule has 2 aromatic heterocycles. The number of nitrogens with two attached hydrogens (primary N) is 1. The number of anilines is 1. The number of nitrogens with one attached hydrogen (secondary N) is 1. The molecule has 0 bridgehead atoms. The van der Waals surface area contributed by atoms with Crippen LogP contribution in [0.1, 0.15) is 19.4 Å². The molecule has 4 N–H and O–H groups in total. The van der Waals surface area contributed by atoms with Gasteiger partial charge in [-0.15, -0.1) is 10.2 Å². The van der Waals surface area contributed by atoms with E-state index in [4.69, 9.17) is 15.3 Å². The molecule has 0 saturated carbocycles. The molecule has 0 atom stereocenters. The van der Waals surface area contributed by atoms with Crippen LogP contribution in [-0.4, -0.2) is 52.1 Å². The molecule has 0 fully saturated rings. The van der Waals surface area contributed by atoms with Gasteiger partial charge in [0.05, 0.1) is 34.2 Å². The Bertz CT molecular complexity index is 1470. The van der Waals surface area contributed by atoms with E-state index in [1.807, 2.05) is 0 Å². The van der Waals surface area contributed by atoms with Crippen LogP contribution in [0.25, 0.3) is 34.3 Å². The first-order valence-corrected chi connectivity index (χ1v) is 12.7. The summed E-state index contributed by atoms with van der Waals surface area (Å²) in [7, 11) is -3.40. The van der Waals surface area contributed by atoms with Crippen molar-refractivity contribution in [2.24, 2.45) is 0 Å². The van der Waals surface area contributed by atoms with Gasteiger partial charge in [-0.25, -0.2) is 22.8 Å². The van der Waals surface area contributed by atoms with Crippen LogP contribution < -0.4 is 11.1 Å². The van der Waals surface area contributed by atoms with Crippen molar-refractivity contribution in [3.63, 3.8) is 0 Å². The SMILES string of the molecule is CC(C)S(=O)(=O)c1ccc(-c2cnc(N)c(-c3nnc(-c4ccc(CNCCO)cc4F)o3)n2)cc1. The van der Waals surface area contributed by atoms with Crippen molar-refractivity contribution >= 4 is 15.7 Å². The molecular weight excluding hydrogens is 487 g/mol. The minimum atomic E-state index is -3.40. The highest BCUT2D eigenvalue weighted by molar-refractivity contribution is 7.92. The normalized spacial score (nSPS) is 11.8. The van der Waals surface area contributed by atoms with Crippen molar-refractivity contribution in [1.29, 1.82) is 0 Å². The number of aliphatic hydroxyl groups excluding tert-OH is 1. The van der Waals surface area contributed by atoms with Gasteiger partial charge in [0.15, 0.2) is 21.3 Å². The Balaban J connectivity index is 1.60. The second kappa shape index (κ2) is 10.5. The lowest BCUT2D eigenvalue weighted by Gasteiger charge is -2.09. The van der Waals surface area contributed by atoms with E-state index >= 15 is 0 Å². The summed E-state index contributed by atoms with van der Waals surface area (Å²) in [4.78, 5) is 8.83. The number of aromatic nitrogens is 4. The molecule has 4 aromatic rings. The van der Waals surface area contributed by atoms with E-state index in [-0.39, 0.29) is 40.4 Å². The fraction of sp³-hybridized carbons (Fsp3) is 0.250. The van der Waals surface area contributed by atoms with Crippen LogP contribution in [0, 0.1) is 5.82 Å². The summed E-state index contributed by atoms with van der Waals surface area (Å²) >= 11 is 0. The van der Waals surface area contributed by atoms with Gasteiger partial charge in [0.2, 0.25) is 0 Å². The third-order valence-corrected chi connectivity index (χ3v) is 7.58. The molecule has 4 rings (SSSR count). The average molecular weight is 513 g/mol. The summed E-state index contributed by atoms with van der Waals surface area (Å²) in [6.45, 7) is 4.03. The van der Waals surface area contributed by atoms with Gasteiger partial charge in [0, 0.05) is 18.7 Å². The van der Waals surface area contributed by atoms with E-state index in [2.05, 4.69) is 25.5 Å². The minimum absolute atomic E-state index is 0.0100. The Morgan fingerprint density at radius 2 is 1.83 bits per heavy atom. The van der Waals surface area contributed by atoms with Crippen LogP contribution >= 0.6 is 0 Å². The van der Waals surface area contributed by atoms with Gasteiger partial charge < -0.3 is 20.6 Å². The van der Waals surface area contributed by atoms with Crippen molar-refractivity contribution < 1.29 is 22.3 Å². The summed E-state index contributed by atoms with van der Waals surface area (Å²) < 4.78 is 45.1. The molecule has 0 spiro atoms. The maximum absolute atomic E-state index is 14.7. The predicted molar refractivity (Wildman–Crippen MR) is 132 cm³/mol. The minimum Gasteiger partial charge on any atom is -0.414 e. The number of aliphatic hydroxyl groups is 1. The number of hydrogen-bond acceptors (Lipinski definition) is 10. The monoisotopic (exact) mass is 512 g/mol. The van der Waals surface area contributed by atoms with Gasteiger partial charge in [-0.3, -0.25) is 0 Å². The van der Waals surface area contributed by atoms with E-state index in [1.54, 1.807) is 32.0 Å². The number of halogens is 1. The van der Waals surface area contributed by atoms with Crippen LogP contribution in [0.5, 0.6) is 0 Å². The Morgan fingerprint density at radius 1 is 1.11 bits per heavy atom. The molecule has 0 amide bonds. The van der Waals surface area contributed by atoms with Gasteiger partial charge in [-0.1, -0.05) is 18.2 Å². The van der Waals surface area contributed by atoms with Crippen molar-refractivity contribution in [2.75, 3.05) is 18.9 Å². The zero-order chi connectivity index (χ0) is 25.9. The van der Waals surface area contributed by atoms with Crippen LogP contribution in [0.15, 0.2) is 58.0 Å². The fourth-order valence-corrected chi connectivity index (χ4v) is 4.42. The molecule has 36 heavy (non-hydrogen) atoms. The van der Waals surface area contributed by atoms with Crippen molar-refractivity contribution in [3.05, 3.63) is 60.0 Å². The smallest absolute Gasteiger partial charge is 0.270 e. The highest BCUT2D eigenvalue weighted by atomic mass is 32.2. The van der Waals surface area contributed by atoms with Crippen LogP contribution in [0.4, 0.5) is 10.2 Å². The molecule has 0 aliphatic carbocycles. The second-order valence-corrected chi connectivity index (χ2v) is 10.7. The first-order valence-electron chi connectivity index (χ1n) is 11.1. The molecule has 2 heterocycles. The second-order valence-electron chi connectivity index (χ2n) is 8.23. The molecule has 188 valence electrons. The Kier molecular flexibility index (Phi) is 7.38. The van der Waals surface area contributed by atoms with Gasteiger partial charge >= 0.3 is 0 Å². The molecule has 10 nitrogen and oxygen atoms in total. The number of nitrogen functional groups attached to an aromatic ring is 1. The standard InChI is InChI=1S/C24H25FN6O4S/c1-14(2)36(33,34)17-6-4-16(5-7-17)20-13-28-22(26)21(29-20)24-31-30-23(35-24)18-8-3-15(11-19(18)25)12-27-9-10-32/h3-8,11,13-14,27,32H,9-10,12H2,1-2H3,(H2,26,28). The first-order chi connectivity index (χ1) is 17.2. The summed E-state index contributed by atoms with van der Waals surface area (Å²) in [5, 5.41) is 19.2. The fourth-order valence-electron chi connectivity index (χ4n) is 3.36. The van der Waals surface area contributed by atoms with Gasteiger partial charge in [0.25, 0.3) is 11.8 Å². The van der Waals surface area contributed by atoms with Crippen molar-refractivity contribution in [1.82, 2.24) is 25.5 Å². The zero-order valence-corrected chi connectivity index (χ0v) is 20.5.